The van der Waals surface area contributed by atoms with Gasteiger partial charge in [-0.3, -0.25) is 4.79 Å². The lowest BCUT2D eigenvalue weighted by Crippen LogP contribution is -2.16. The topological polar surface area (TPSA) is 64.9 Å². The van der Waals surface area contributed by atoms with Crippen LogP contribution in [0.3, 0.4) is 0 Å². The Morgan fingerprint density at radius 3 is 2.47 bits per heavy atom. The van der Waals surface area contributed by atoms with Gasteiger partial charge < -0.3 is 10.6 Å². The molecule has 0 spiro atoms. The molecule has 1 aromatic carbocycles. The van der Waals surface area contributed by atoms with Crippen LogP contribution in [0.15, 0.2) is 24.3 Å². The van der Waals surface area contributed by atoms with E-state index in [1.807, 2.05) is 45.2 Å². The summed E-state index contributed by atoms with van der Waals surface area (Å²) in [5.41, 5.74) is 1.21. The van der Waals surface area contributed by atoms with Crippen LogP contribution in [-0.4, -0.2) is 19.5 Å². The fraction of sp³-hybridized carbons (Fsp3) is 0.467. The first-order valence-corrected chi connectivity index (χ1v) is 6.46. The molecule has 0 bridgehead atoms. The van der Waals surface area contributed by atoms with E-state index in [1.54, 1.807) is 0 Å². The maximum atomic E-state index is 11.6. The molecule has 19 heavy (non-hydrogen) atoms. The number of carbonyl (C=O) groups is 1. The Morgan fingerprint density at radius 2 is 1.95 bits per heavy atom. The van der Waals surface area contributed by atoms with Crippen molar-refractivity contribution in [3.63, 3.8) is 0 Å². The quantitative estimate of drug-likeness (QED) is 0.771. The number of anilines is 1. The number of hydrogen-bond acceptors (Lipinski definition) is 3. The van der Waals surface area contributed by atoms with Crippen molar-refractivity contribution in [2.45, 2.75) is 32.1 Å². The number of nitriles is 1. The molecule has 0 aliphatic carbocycles. The fourth-order valence-electron chi connectivity index (χ4n) is 1.68. The molecule has 0 heterocycles. The van der Waals surface area contributed by atoms with Gasteiger partial charge >= 0.3 is 0 Å². The highest BCUT2D eigenvalue weighted by molar-refractivity contribution is 5.90. The summed E-state index contributed by atoms with van der Waals surface area (Å²) in [4.78, 5) is 11.6. The van der Waals surface area contributed by atoms with Crippen LogP contribution in [0.1, 0.15) is 32.3 Å². The van der Waals surface area contributed by atoms with Gasteiger partial charge in [-0.2, -0.15) is 5.26 Å². The van der Waals surface area contributed by atoms with Gasteiger partial charge in [0.15, 0.2) is 0 Å². The highest BCUT2D eigenvalue weighted by Gasteiger charge is 2.19. The summed E-state index contributed by atoms with van der Waals surface area (Å²) >= 11 is 0. The van der Waals surface area contributed by atoms with Crippen LogP contribution in [0, 0.1) is 11.3 Å². The minimum Gasteiger partial charge on any atom is -0.326 e. The third-order valence-electron chi connectivity index (χ3n) is 3.00. The van der Waals surface area contributed by atoms with Crippen molar-refractivity contribution in [2.24, 2.45) is 0 Å². The Hall–Kier alpha value is -1.86. The zero-order valence-corrected chi connectivity index (χ0v) is 11.8. The largest absolute Gasteiger partial charge is 0.326 e. The molecule has 102 valence electrons. The van der Waals surface area contributed by atoms with Gasteiger partial charge in [0.2, 0.25) is 5.91 Å². The molecule has 4 heteroatoms. The standard InChI is InChI=1S/C15H21N3O/c1-15(2,11-16)12-6-8-13(9-7-12)18-14(19)5-4-10-17-3/h6-9,17H,4-5,10H2,1-3H3,(H,18,19). The summed E-state index contributed by atoms with van der Waals surface area (Å²) in [6.45, 7) is 4.58. The van der Waals surface area contributed by atoms with Gasteiger partial charge in [-0.15, -0.1) is 0 Å². The van der Waals surface area contributed by atoms with E-state index >= 15 is 0 Å². The average Bonchev–Trinajstić information content (AvgIpc) is 2.39. The molecule has 0 atom stereocenters. The van der Waals surface area contributed by atoms with E-state index < -0.39 is 5.41 Å². The van der Waals surface area contributed by atoms with Crippen LogP contribution in [0.4, 0.5) is 5.69 Å². The average molecular weight is 259 g/mol. The summed E-state index contributed by atoms with van der Waals surface area (Å²) in [6, 6.07) is 9.70. The van der Waals surface area contributed by atoms with Gasteiger partial charge in [-0.25, -0.2) is 0 Å². The van der Waals surface area contributed by atoms with Crippen LogP contribution >= 0.6 is 0 Å². The molecule has 0 fully saturated rings. The van der Waals surface area contributed by atoms with Gasteiger partial charge in [-0.1, -0.05) is 12.1 Å². The number of carbonyl (C=O) groups excluding carboxylic acids is 1. The minimum absolute atomic E-state index is 0.0162. The zero-order chi connectivity index (χ0) is 14.3. The Balaban J connectivity index is 2.58. The van der Waals surface area contributed by atoms with E-state index in [4.69, 9.17) is 5.26 Å². The maximum Gasteiger partial charge on any atom is 0.224 e. The lowest BCUT2D eigenvalue weighted by Gasteiger charge is -2.16. The van der Waals surface area contributed by atoms with E-state index in [2.05, 4.69) is 16.7 Å². The van der Waals surface area contributed by atoms with Gasteiger partial charge in [0.1, 0.15) is 0 Å². The van der Waals surface area contributed by atoms with Crippen LogP contribution in [0.25, 0.3) is 0 Å². The first-order valence-electron chi connectivity index (χ1n) is 6.46. The summed E-state index contributed by atoms with van der Waals surface area (Å²) < 4.78 is 0. The molecular weight excluding hydrogens is 238 g/mol. The van der Waals surface area contributed by atoms with Crippen molar-refractivity contribution in [1.29, 1.82) is 5.26 Å². The highest BCUT2D eigenvalue weighted by Crippen LogP contribution is 2.23. The molecule has 1 amide bonds. The van der Waals surface area contributed by atoms with Crippen molar-refractivity contribution in [1.82, 2.24) is 5.32 Å². The Labute approximate surface area is 114 Å². The van der Waals surface area contributed by atoms with Gasteiger partial charge in [0, 0.05) is 12.1 Å². The number of rotatable bonds is 6. The summed E-state index contributed by atoms with van der Waals surface area (Å²) in [7, 11) is 1.87. The molecular formula is C15H21N3O. The Kier molecular flexibility index (Phi) is 5.53. The molecule has 1 rings (SSSR count). The normalized spacial score (nSPS) is 10.8. The van der Waals surface area contributed by atoms with Crippen molar-refractivity contribution in [2.75, 3.05) is 18.9 Å². The minimum atomic E-state index is -0.505. The third-order valence-corrected chi connectivity index (χ3v) is 3.00. The second-order valence-electron chi connectivity index (χ2n) is 5.07. The van der Waals surface area contributed by atoms with Crippen molar-refractivity contribution >= 4 is 11.6 Å². The second-order valence-corrected chi connectivity index (χ2v) is 5.07. The molecule has 0 aliphatic rings. The van der Waals surface area contributed by atoms with Crippen molar-refractivity contribution < 1.29 is 4.79 Å². The van der Waals surface area contributed by atoms with Crippen molar-refractivity contribution in [3.8, 4) is 6.07 Å². The summed E-state index contributed by atoms with van der Waals surface area (Å²) in [5, 5.41) is 14.9. The van der Waals surface area contributed by atoms with Gasteiger partial charge in [0.05, 0.1) is 11.5 Å². The molecule has 0 radical (unpaired) electrons. The first-order chi connectivity index (χ1) is 8.99. The molecule has 0 saturated carbocycles. The number of benzene rings is 1. The van der Waals surface area contributed by atoms with Crippen LogP contribution in [0.5, 0.6) is 0 Å². The SMILES string of the molecule is CNCCCC(=O)Nc1ccc(C(C)(C)C#N)cc1. The number of nitrogens with zero attached hydrogens (tertiary/aromatic N) is 1. The molecule has 2 N–H and O–H groups in total. The van der Waals surface area contributed by atoms with Crippen LogP contribution in [0.2, 0.25) is 0 Å². The van der Waals surface area contributed by atoms with Gasteiger partial charge in [0.25, 0.3) is 0 Å². The Bertz CT molecular complexity index is 457. The lowest BCUT2D eigenvalue weighted by molar-refractivity contribution is -0.116. The second kappa shape index (κ2) is 6.91. The number of hydrogen-bond donors (Lipinski definition) is 2. The smallest absolute Gasteiger partial charge is 0.224 e. The third kappa shape index (κ3) is 4.72. The maximum absolute atomic E-state index is 11.6. The zero-order valence-electron chi connectivity index (χ0n) is 11.8. The van der Waals surface area contributed by atoms with Crippen LogP contribution < -0.4 is 10.6 Å². The van der Waals surface area contributed by atoms with Gasteiger partial charge in [-0.05, 0) is 51.6 Å². The van der Waals surface area contributed by atoms with E-state index in [0.29, 0.717) is 6.42 Å². The van der Waals surface area contributed by atoms with Crippen molar-refractivity contribution in [3.05, 3.63) is 29.8 Å². The molecule has 1 aromatic rings. The predicted octanol–water partition coefficient (Wildman–Crippen LogP) is 2.43. The molecule has 0 aromatic heterocycles. The lowest BCUT2D eigenvalue weighted by atomic mass is 9.86. The number of nitrogens with one attached hydrogen (secondary N) is 2. The summed E-state index contributed by atoms with van der Waals surface area (Å²) in [5.74, 6) is 0.0162. The van der Waals surface area contributed by atoms with E-state index in [-0.39, 0.29) is 5.91 Å². The van der Waals surface area contributed by atoms with E-state index in [9.17, 15) is 4.79 Å². The molecule has 0 aliphatic heterocycles. The summed E-state index contributed by atoms with van der Waals surface area (Å²) in [6.07, 6.45) is 1.33. The molecule has 0 unspecified atom stereocenters. The molecule has 4 nitrogen and oxygen atoms in total. The monoisotopic (exact) mass is 259 g/mol. The Morgan fingerprint density at radius 1 is 1.32 bits per heavy atom. The fourth-order valence-corrected chi connectivity index (χ4v) is 1.68. The molecule has 0 saturated heterocycles. The predicted molar refractivity (Wildman–Crippen MR) is 76.9 cm³/mol. The first kappa shape index (κ1) is 15.2. The number of amides is 1. The van der Waals surface area contributed by atoms with E-state index in [1.165, 1.54) is 0 Å². The van der Waals surface area contributed by atoms with E-state index in [0.717, 1.165) is 24.2 Å². The van der Waals surface area contributed by atoms with Crippen LogP contribution in [-0.2, 0) is 10.2 Å². The highest BCUT2D eigenvalue weighted by atomic mass is 16.1.